The van der Waals surface area contributed by atoms with Crippen molar-refractivity contribution in [1.29, 1.82) is 0 Å². The molecule has 0 bridgehead atoms. The smallest absolute Gasteiger partial charge is 0.351 e. The van der Waals surface area contributed by atoms with E-state index >= 15 is 0 Å². The van der Waals surface area contributed by atoms with Gasteiger partial charge in [-0.15, -0.1) is 0 Å². The standard InChI is InChI=1S/C33H56N4O7Si2/c1-31(2,3)28(23-16-14-15-17-24(23)37(39)40)41-20-22-19-36(30(38)35-29(22)34)27-18-25(44-46(12,13)33(7,8)9)26(43-27)21-42-45(10,11)32(4,5)6/h14-17,19,25-28H,18,20-21H2,1-13H3,(H2,34,35,38)/t25-,26-,27-,28-/m1/s1. The number of para-hydroxylation sites is 1. The number of nitro groups is 1. The molecule has 1 fully saturated rings. The molecule has 0 spiro atoms. The third-order valence-electron chi connectivity index (χ3n) is 9.83. The van der Waals surface area contributed by atoms with Gasteiger partial charge in [-0.25, -0.2) is 4.79 Å². The fraction of sp³-hybridized carbons (Fsp3) is 0.697. The maximum Gasteiger partial charge on any atom is 0.351 e. The Balaban J connectivity index is 1.93. The molecule has 46 heavy (non-hydrogen) atoms. The molecule has 2 N–H and O–H groups in total. The van der Waals surface area contributed by atoms with Crippen LogP contribution in [0.4, 0.5) is 11.5 Å². The molecule has 3 rings (SSSR count). The number of aromatic nitrogens is 2. The quantitative estimate of drug-likeness (QED) is 0.144. The molecule has 0 unspecified atom stereocenters. The van der Waals surface area contributed by atoms with Crippen LogP contribution in [-0.4, -0.2) is 49.9 Å². The van der Waals surface area contributed by atoms with Crippen LogP contribution in [0.5, 0.6) is 0 Å². The Hall–Kier alpha value is -2.43. The molecule has 4 atom stereocenters. The van der Waals surface area contributed by atoms with E-state index in [0.29, 0.717) is 24.2 Å². The van der Waals surface area contributed by atoms with Crippen molar-refractivity contribution in [2.75, 3.05) is 12.3 Å². The van der Waals surface area contributed by atoms with Crippen molar-refractivity contribution in [2.24, 2.45) is 5.41 Å². The second-order valence-electron chi connectivity index (χ2n) is 16.6. The molecule has 1 aliphatic rings. The summed E-state index contributed by atoms with van der Waals surface area (Å²) in [4.78, 5) is 28.8. The van der Waals surface area contributed by atoms with E-state index in [-0.39, 0.29) is 40.4 Å². The van der Waals surface area contributed by atoms with Gasteiger partial charge in [0, 0.05) is 24.2 Å². The molecule has 2 aromatic rings. The van der Waals surface area contributed by atoms with E-state index in [0.717, 1.165) is 0 Å². The number of benzene rings is 1. The maximum atomic E-state index is 13.2. The van der Waals surface area contributed by atoms with E-state index < -0.39 is 45.0 Å². The van der Waals surface area contributed by atoms with Crippen molar-refractivity contribution >= 4 is 28.1 Å². The third-order valence-corrected chi connectivity index (χ3v) is 18.8. The van der Waals surface area contributed by atoms with Gasteiger partial charge >= 0.3 is 5.69 Å². The number of hydrogen-bond donors (Lipinski definition) is 1. The molecule has 13 heteroatoms. The van der Waals surface area contributed by atoms with Crippen LogP contribution in [0.15, 0.2) is 35.3 Å². The van der Waals surface area contributed by atoms with E-state index in [2.05, 4.69) is 72.7 Å². The molecule has 0 radical (unpaired) electrons. The highest BCUT2D eigenvalue weighted by Gasteiger charge is 2.47. The van der Waals surface area contributed by atoms with Crippen molar-refractivity contribution in [3.8, 4) is 0 Å². The number of nitrogens with zero attached hydrogens (tertiary/aromatic N) is 3. The van der Waals surface area contributed by atoms with Crippen LogP contribution in [0.2, 0.25) is 36.3 Å². The summed E-state index contributed by atoms with van der Waals surface area (Å²) in [6.07, 6.45) is 0.163. The lowest BCUT2D eigenvalue weighted by Gasteiger charge is -2.40. The summed E-state index contributed by atoms with van der Waals surface area (Å²) < 4.78 is 27.8. The van der Waals surface area contributed by atoms with Gasteiger partial charge in [-0.05, 0) is 47.7 Å². The first-order chi connectivity index (χ1) is 20.9. The minimum atomic E-state index is -2.19. The Morgan fingerprint density at radius 3 is 2.17 bits per heavy atom. The van der Waals surface area contributed by atoms with Crippen LogP contribution >= 0.6 is 0 Å². The van der Waals surface area contributed by atoms with Crippen molar-refractivity contribution < 1.29 is 23.2 Å². The van der Waals surface area contributed by atoms with E-state index in [1.54, 1.807) is 24.4 Å². The highest BCUT2D eigenvalue weighted by molar-refractivity contribution is 6.74. The van der Waals surface area contributed by atoms with Gasteiger partial charge in [0.05, 0.1) is 35.9 Å². The van der Waals surface area contributed by atoms with E-state index in [1.807, 2.05) is 20.8 Å². The van der Waals surface area contributed by atoms with Gasteiger partial charge in [-0.1, -0.05) is 74.4 Å². The zero-order valence-electron chi connectivity index (χ0n) is 30.1. The number of nitro benzene ring substituents is 1. The number of nitrogen functional groups attached to an aromatic ring is 1. The number of hydrogen-bond acceptors (Lipinski definition) is 9. The lowest BCUT2D eigenvalue weighted by Crippen LogP contribution is -2.48. The topological polar surface area (TPSA) is 141 Å². The average Bonchev–Trinajstić information content (AvgIpc) is 3.28. The minimum absolute atomic E-state index is 0.0123. The normalized spacial score (nSPS) is 20.6. The predicted molar refractivity (Wildman–Crippen MR) is 187 cm³/mol. The second kappa shape index (κ2) is 13.6. The van der Waals surface area contributed by atoms with Crippen molar-refractivity contribution in [3.05, 3.63) is 62.2 Å². The maximum absolute atomic E-state index is 13.2. The molecular weight excluding hydrogens is 621 g/mol. The first-order valence-corrected chi connectivity index (χ1v) is 21.9. The summed E-state index contributed by atoms with van der Waals surface area (Å²) in [7, 11) is -4.27. The Morgan fingerprint density at radius 2 is 1.63 bits per heavy atom. The van der Waals surface area contributed by atoms with Crippen LogP contribution in [0.3, 0.4) is 0 Å². The Kier molecular flexibility index (Phi) is 11.2. The van der Waals surface area contributed by atoms with Crippen molar-refractivity contribution in [1.82, 2.24) is 9.55 Å². The number of rotatable bonds is 11. The van der Waals surface area contributed by atoms with Gasteiger partial charge in [0.15, 0.2) is 16.6 Å². The Morgan fingerprint density at radius 1 is 1.04 bits per heavy atom. The van der Waals surface area contributed by atoms with Crippen molar-refractivity contribution in [3.63, 3.8) is 0 Å². The molecule has 258 valence electrons. The van der Waals surface area contributed by atoms with Gasteiger partial charge in [0.25, 0.3) is 5.69 Å². The van der Waals surface area contributed by atoms with Crippen LogP contribution in [-0.2, 0) is 24.9 Å². The van der Waals surface area contributed by atoms with Crippen molar-refractivity contribution in [2.45, 2.75) is 136 Å². The summed E-state index contributed by atoms with van der Waals surface area (Å²) >= 11 is 0. The summed E-state index contributed by atoms with van der Waals surface area (Å²) in [5.74, 6) is 0.0429. The summed E-state index contributed by atoms with van der Waals surface area (Å²) in [5, 5.41) is 11.8. The first kappa shape index (κ1) is 38.0. The Bertz CT molecular complexity index is 1440. The minimum Gasteiger partial charge on any atom is -0.414 e. The molecular formula is C33H56N4O7Si2. The largest absolute Gasteiger partial charge is 0.414 e. The van der Waals surface area contributed by atoms with Crippen LogP contribution in [0, 0.1) is 15.5 Å². The molecule has 11 nitrogen and oxygen atoms in total. The van der Waals surface area contributed by atoms with Gasteiger partial charge in [0.2, 0.25) is 0 Å². The number of nitrogens with two attached hydrogens (primary N) is 1. The summed E-state index contributed by atoms with van der Waals surface area (Å²) in [6, 6.07) is 6.56. The molecule has 1 aliphatic heterocycles. The molecule has 0 saturated carbocycles. The van der Waals surface area contributed by atoms with Crippen LogP contribution < -0.4 is 11.4 Å². The number of anilines is 1. The molecule has 0 aliphatic carbocycles. The molecule has 2 heterocycles. The zero-order valence-corrected chi connectivity index (χ0v) is 32.1. The monoisotopic (exact) mass is 676 g/mol. The van der Waals surface area contributed by atoms with Crippen LogP contribution in [0.1, 0.15) is 92.2 Å². The summed E-state index contributed by atoms with van der Waals surface area (Å²) in [6.45, 7) is 28.2. The van der Waals surface area contributed by atoms with Gasteiger partial charge in [0.1, 0.15) is 18.1 Å². The van der Waals surface area contributed by atoms with Gasteiger partial charge in [-0.2, -0.15) is 4.98 Å². The highest BCUT2D eigenvalue weighted by Crippen LogP contribution is 2.43. The summed E-state index contributed by atoms with van der Waals surface area (Å²) in [5.41, 5.74) is 6.15. The fourth-order valence-corrected chi connectivity index (χ4v) is 7.27. The van der Waals surface area contributed by atoms with Crippen LogP contribution in [0.25, 0.3) is 0 Å². The van der Waals surface area contributed by atoms with E-state index in [4.69, 9.17) is 24.1 Å². The highest BCUT2D eigenvalue weighted by atomic mass is 28.4. The first-order valence-electron chi connectivity index (χ1n) is 16.1. The average molecular weight is 677 g/mol. The molecule has 1 aromatic heterocycles. The molecule has 0 amide bonds. The second-order valence-corrected chi connectivity index (χ2v) is 26.1. The molecule has 1 saturated heterocycles. The molecule has 1 aromatic carbocycles. The lowest BCUT2D eigenvalue weighted by atomic mass is 9.84. The number of ether oxygens (including phenoxy) is 2. The lowest BCUT2D eigenvalue weighted by molar-refractivity contribution is -0.386. The van der Waals surface area contributed by atoms with Gasteiger partial charge in [-0.3, -0.25) is 14.7 Å². The van der Waals surface area contributed by atoms with Gasteiger partial charge < -0.3 is 24.1 Å². The predicted octanol–water partition coefficient (Wildman–Crippen LogP) is 7.74. The fourth-order valence-electron chi connectivity index (χ4n) is 4.90. The third kappa shape index (κ3) is 8.72. The van der Waals surface area contributed by atoms with E-state index in [1.165, 1.54) is 10.6 Å². The SMILES string of the molecule is CC(C)(C)[C@H](OCc1cn([C@H]2C[C@@H](O[Si](C)(C)C(C)(C)C)[C@@H](CO[Si](C)(C)C(C)(C)C)O2)c(=O)nc1N)c1ccccc1[N+](=O)[O-]. The zero-order chi connectivity index (χ0) is 35.0. The van der Waals surface area contributed by atoms with E-state index in [9.17, 15) is 14.9 Å². The Labute approximate surface area is 276 Å².